The van der Waals surface area contributed by atoms with Crippen LogP contribution in [-0.2, 0) is 0 Å². The van der Waals surface area contributed by atoms with E-state index in [2.05, 4.69) is 72.2 Å². The van der Waals surface area contributed by atoms with Gasteiger partial charge < -0.3 is 20.9 Å². The second kappa shape index (κ2) is 10.5. The first-order valence-electron chi connectivity index (χ1n) is 11.7. The maximum absolute atomic E-state index is 5.95. The van der Waals surface area contributed by atoms with Crippen LogP contribution in [0.15, 0.2) is 29.3 Å². The summed E-state index contributed by atoms with van der Waals surface area (Å²) in [5.74, 6) is 0.984. The third-order valence-electron chi connectivity index (χ3n) is 6.55. The molecule has 0 unspecified atom stereocenters. The molecule has 1 heterocycles. The summed E-state index contributed by atoms with van der Waals surface area (Å²) in [5.41, 5.74) is 8.24. The molecule has 1 aliphatic carbocycles. The van der Waals surface area contributed by atoms with Crippen LogP contribution in [0.1, 0.15) is 46.0 Å². The fourth-order valence-corrected chi connectivity index (χ4v) is 4.29. The molecular formula is C24H42N6. The first-order chi connectivity index (χ1) is 14.4. The van der Waals surface area contributed by atoms with Crippen LogP contribution in [0.3, 0.4) is 0 Å². The van der Waals surface area contributed by atoms with Crippen LogP contribution in [0.5, 0.6) is 0 Å². The predicted molar refractivity (Wildman–Crippen MR) is 130 cm³/mol. The van der Waals surface area contributed by atoms with E-state index in [-0.39, 0.29) is 5.41 Å². The molecule has 3 rings (SSSR count). The minimum absolute atomic E-state index is 0.00558. The smallest absolute Gasteiger partial charge is 0.198 e. The number of nitrogens with zero attached hydrogens (tertiary/aromatic N) is 4. The number of rotatable bonds is 6. The Morgan fingerprint density at radius 2 is 1.70 bits per heavy atom. The van der Waals surface area contributed by atoms with Crippen LogP contribution < -0.4 is 16.0 Å². The van der Waals surface area contributed by atoms with Gasteiger partial charge in [-0.05, 0) is 49.1 Å². The fourth-order valence-electron chi connectivity index (χ4n) is 4.29. The highest BCUT2D eigenvalue weighted by molar-refractivity contribution is 5.94. The van der Waals surface area contributed by atoms with Crippen LogP contribution >= 0.6 is 0 Å². The molecule has 6 heteroatoms. The molecule has 6 nitrogen and oxygen atoms in total. The van der Waals surface area contributed by atoms with Crippen molar-refractivity contribution >= 4 is 17.3 Å². The molecule has 168 valence electrons. The normalized spacial score (nSPS) is 19.8. The van der Waals surface area contributed by atoms with E-state index in [0.29, 0.717) is 6.54 Å². The van der Waals surface area contributed by atoms with Crippen LogP contribution in [0.2, 0.25) is 0 Å². The molecule has 1 aromatic carbocycles. The molecule has 3 N–H and O–H groups in total. The van der Waals surface area contributed by atoms with Gasteiger partial charge >= 0.3 is 0 Å². The minimum Gasteiger partial charge on any atom is -0.378 e. The van der Waals surface area contributed by atoms with Crippen molar-refractivity contribution < 1.29 is 0 Å². The van der Waals surface area contributed by atoms with Crippen molar-refractivity contribution in [3.05, 3.63) is 24.3 Å². The highest BCUT2D eigenvalue weighted by atomic mass is 15.4. The molecule has 1 saturated carbocycles. The molecule has 2 aliphatic rings. The fraction of sp³-hybridized carbons (Fsp3) is 0.708. The standard InChI is InChI=1S/C24H42N6/c1-24(2,18-25)19-26-23(27-20-10-12-21(13-11-20)28(3)4)30-16-14-29(15-17-30)22-8-6-5-7-9-22/h10-13,22H,5-9,14-19,25H2,1-4H3,(H,26,27). The molecule has 0 atom stereocenters. The topological polar surface area (TPSA) is 60.1 Å². The van der Waals surface area contributed by atoms with Crippen LogP contribution in [0.25, 0.3) is 0 Å². The quantitative estimate of drug-likeness (QED) is 0.551. The van der Waals surface area contributed by atoms with Gasteiger partial charge in [0.05, 0.1) is 0 Å². The lowest BCUT2D eigenvalue weighted by Crippen LogP contribution is -2.53. The molecule has 0 spiro atoms. The van der Waals surface area contributed by atoms with E-state index in [9.17, 15) is 0 Å². The summed E-state index contributed by atoms with van der Waals surface area (Å²) in [6.07, 6.45) is 6.97. The number of hydrogen-bond acceptors (Lipinski definition) is 4. The van der Waals surface area contributed by atoms with Gasteiger partial charge in [0, 0.05) is 64.2 Å². The summed E-state index contributed by atoms with van der Waals surface area (Å²) in [5, 5.41) is 3.60. The summed E-state index contributed by atoms with van der Waals surface area (Å²) < 4.78 is 0. The van der Waals surface area contributed by atoms with Crippen molar-refractivity contribution in [1.82, 2.24) is 9.80 Å². The molecule has 1 aliphatic heterocycles. The summed E-state index contributed by atoms with van der Waals surface area (Å²) in [7, 11) is 4.13. The molecule has 0 aromatic heterocycles. The number of anilines is 2. The average molecular weight is 415 g/mol. The second-order valence-electron chi connectivity index (χ2n) is 9.89. The van der Waals surface area contributed by atoms with Crippen LogP contribution in [0.4, 0.5) is 11.4 Å². The van der Waals surface area contributed by atoms with E-state index in [0.717, 1.165) is 50.4 Å². The summed E-state index contributed by atoms with van der Waals surface area (Å²) >= 11 is 0. The van der Waals surface area contributed by atoms with Crippen molar-refractivity contribution in [1.29, 1.82) is 0 Å². The van der Waals surface area contributed by atoms with E-state index in [1.807, 2.05) is 0 Å². The lowest BCUT2D eigenvalue weighted by molar-refractivity contribution is 0.107. The number of benzene rings is 1. The van der Waals surface area contributed by atoms with Gasteiger partial charge in [-0.15, -0.1) is 0 Å². The number of guanidine groups is 1. The molecule has 2 fully saturated rings. The number of nitrogens with two attached hydrogens (primary N) is 1. The Morgan fingerprint density at radius 3 is 2.27 bits per heavy atom. The van der Waals surface area contributed by atoms with Crippen molar-refractivity contribution in [2.75, 3.05) is 63.6 Å². The van der Waals surface area contributed by atoms with Crippen molar-refractivity contribution in [3.63, 3.8) is 0 Å². The Morgan fingerprint density at radius 1 is 1.07 bits per heavy atom. The van der Waals surface area contributed by atoms with Crippen LogP contribution in [0, 0.1) is 5.41 Å². The maximum atomic E-state index is 5.95. The van der Waals surface area contributed by atoms with Gasteiger partial charge in [0.2, 0.25) is 0 Å². The van der Waals surface area contributed by atoms with Gasteiger partial charge in [-0.3, -0.25) is 9.89 Å². The van der Waals surface area contributed by atoms with Crippen molar-refractivity contribution in [2.45, 2.75) is 52.0 Å². The largest absolute Gasteiger partial charge is 0.378 e. The van der Waals surface area contributed by atoms with Crippen molar-refractivity contribution in [2.24, 2.45) is 16.1 Å². The van der Waals surface area contributed by atoms with Crippen LogP contribution in [-0.4, -0.2) is 75.2 Å². The molecule has 30 heavy (non-hydrogen) atoms. The van der Waals surface area contributed by atoms with Gasteiger partial charge in [-0.2, -0.15) is 0 Å². The Balaban J connectivity index is 1.67. The highest BCUT2D eigenvalue weighted by Gasteiger charge is 2.27. The zero-order valence-corrected chi connectivity index (χ0v) is 19.5. The van der Waals surface area contributed by atoms with E-state index in [1.54, 1.807) is 0 Å². The Labute approximate surface area is 183 Å². The zero-order chi connectivity index (χ0) is 21.6. The molecule has 0 amide bonds. The van der Waals surface area contributed by atoms with E-state index in [1.165, 1.54) is 37.8 Å². The Bertz CT molecular complexity index is 667. The van der Waals surface area contributed by atoms with Crippen molar-refractivity contribution in [3.8, 4) is 0 Å². The van der Waals surface area contributed by atoms with E-state index in [4.69, 9.17) is 10.7 Å². The predicted octanol–water partition coefficient (Wildman–Crippen LogP) is 3.46. The maximum Gasteiger partial charge on any atom is 0.198 e. The summed E-state index contributed by atoms with van der Waals surface area (Å²) in [6.45, 7) is 10.0. The third-order valence-corrected chi connectivity index (χ3v) is 6.55. The summed E-state index contributed by atoms with van der Waals surface area (Å²) in [6, 6.07) is 9.35. The average Bonchev–Trinajstić information content (AvgIpc) is 2.77. The molecular weight excluding hydrogens is 372 g/mol. The molecule has 0 radical (unpaired) electrons. The number of nitrogens with one attached hydrogen (secondary N) is 1. The van der Waals surface area contributed by atoms with Gasteiger partial charge in [0.25, 0.3) is 0 Å². The van der Waals surface area contributed by atoms with Gasteiger partial charge in [0.15, 0.2) is 5.96 Å². The first-order valence-corrected chi connectivity index (χ1v) is 11.7. The van der Waals surface area contributed by atoms with Gasteiger partial charge in [-0.1, -0.05) is 33.1 Å². The van der Waals surface area contributed by atoms with Gasteiger partial charge in [-0.25, -0.2) is 0 Å². The van der Waals surface area contributed by atoms with E-state index >= 15 is 0 Å². The monoisotopic (exact) mass is 414 g/mol. The Hall–Kier alpha value is -1.79. The Kier molecular flexibility index (Phi) is 8.00. The summed E-state index contributed by atoms with van der Waals surface area (Å²) in [4.78, 5) is 12.3. The number of piperazine rings is 1. The number of aliphatic imine (C=N–C) groups is 1. The third kappa shape index (κ3) is 6.35. The molecule has 1 saturated heterocycles. The van der Waals surface area contributed by atoms with E-state index < -0.39 is 0 Å². The van der Waals surface area contributed by atoms with Gasteiger partial charge in [0.1, 0.15) is 0 Å². The molecule has 1 aromatic rings. The minimum atomic E-state index is 0.00558. The zero-order valence-electron chi connectivity index (χ0n) is 19.5. The molecule has 0 bridgehead atoms. The lowest BCUT2D eigenvalue weighted by Gasteiger charge is -2.41. The SMILES string of the molecule is CN(C)c1ccc(NC(=NCC(C)(C)CN)N2CCN(C3CCCCC3)CC2)cc1. The first kappa shape index (κ1) is 22.9. The highest BCUT2D eigenvalue weighted by Crippen LogP contribution is 2.24. The lowest BCUT2D eigenvalue weighted by atomic mass is 9.94. The number of hydrogen-bond donors (Lipinski definition) is 2. The second-order valence-corrected chi connectivity index (χ2v) is 9.89.